The van der Waals surface area contributed by atoms with Crippen LogP contribution in [0, 0.1) is 0 Å². The van der Waals surface area contributed by atoms with Crippen molar-refractivity contribution in [2.45, 2.75) is 5.72 Å². The number of rotatable bonds is 2. The first-order valence-corrected chi connectivity index (χ1v) is 7.42. The Kier molecular flexibility index (Phi) is 3.01. The Hall–Kier alpha value is -2.63. The number of fused-ring (bicyclic) bond motifs is 1. The molecule has 114 valence electrons. The van der Waals surface area contributed by atoms with Crippen LogP contribution in [0.5, 0.6) is 0 Å². The van der Waals surface area contributed by atoms with E-state index in [2.05, 4.69) is 9.97 Å². The lowest BCUT2D eigenvalue weighted by atomic mass is 10.0. The molecule has 2 heterocycles. The molecule has 3 aromatic rings. The van der Waals surface area contributed by atoms with Crippen molar-refractivity contribution in [2.75, 3.05) is 4.90 Å². The molecule has 1 aromatic heterocycles. The van der Waals surface area contributed by atoms with Crippen molar-refractivity contribution in [3.63, 3.8) is 0 Å². The number of hydrogen-bond donors (Lipinski definition) is 2. The van der Waals surface area contributed by atoms with Crippen molar-refractivity contribution in [1.29, 1.82) is 0 Å². The molecule has 2 aromatic carbocycles. The van der Waals surface area contributed by atoms with Crippen LogP contribution in [0.3, 0.4) is 0 Å². The van der Waals surface area contributed by atoms with E-state index in [4.69, 9.17) is 11.6 Å². The van der Waals surface area contributed by atoms with E-state index in [0.717, 1.165) is 0 Å². The highest BCUT2D eigenvalue weighted by molar-refractivity contribution is 6.30. The minimum absolute atomic E-state index is 0.283. The maximum absolute atomic E-state index is 12.9. The van der Waals surface area contributed by atoms with E-state index >= 15 is 0 Å². The van der Waals surface area contributed by atoms with Crippen LogP contribution < -0.4 is 4.90 Å². The van der Waals surface area contributed by atoms with Gasteiger partial charge in [0.05, 0.1) is 0 Å². The average Bonchev–Trinajstić information content (AvgIpc) is 3.17. The van der Waals surface area contributed by atoms with Crippen molar-refractivity contribution in [3.05, 3.63) is 82.9 Å². The zero-order chi connectivity index (χ0) is 16.0. The van der Waals surface area contributed by atoms with Crippen LogP contribution in [0.4, 0.5) is 5.69 Å². The zero-order valence-electron chi connectivity index (χ0n) is 11.9. The second-order valence-electron chi connectivity index (χ2n) is 5.27. The molecule has 1 atom stereocenters. The lowest BCUT2D eigenvalue weighted by Crippen LogP contribution is -2.45. The van der Waals surface area contributed by atoms with E-state index in [1.807, 2.05) is 0 Å². The minimum Gasteiger partial charge on any atom is -0.360 e. The number of aromatic nitrogens is 2. The van der Waals surface area contributed by atoms with Gasteiger partial charge in [-0.1, -0.05) is 29.8 Å². The number of nitrogens with zero attached hydrogens (tertiary/aromatic N) is 2. The molecule has 1 unspecified atom stereocenters. The first kappa shape index (κ1) is 14.0. The van der Waals surface area contributed by atoms with Gasteiger partial charge in [0.25, 0.3) is 5.91 Å². The zero-order valence-corrected chi connectivity index (χ0v) is 12.7. The number of carbonyl (C=O) groups is 1. The molecular weight excluding hydrogens is 314 g/mol. The van der Waals surface area contributed by atoms with Crippen molar-refractivity contribution < 1.29 is 9.90 Å². The number of carbonyl (C=O) groups excluding carboxylic acids is 1. The van der Waals surface area contributed by atoms with E-state index in [1.54, 1.807) is 60.9 Å². The number of anilines is 1. The number of aromatic amines is 1. The fourth-order valence-corrected chi connectivity index (χ4v) is 3.07. The summed E-state index contributed by atoms with van der Waals surface area (Å²) in [5.74, 6) is -0.00688. The van der Waals surface area contributed by atoms with Crippen LogP contribution >= 0.6 is 11.6 Å². The Morgan fingerprint density at radius 3 is 2.57 bits per heavy atom. The van der Waals surface area contributed by atoms with Crippen molar-refractivity contribution >= 4 is 23.2 Å². The molecule has 5 nitrogen and oxygen atoms in total. The molecule has 1 amide bonds. The molecule has 1 aliphatic heterocycles. The largest absolute Gasteiger partial charge is 0.360 e. The number of benzene rings is 2. The Morgan fingerprint density at radius 2 is 1.87 bits per heavy atom. The van der Waals surface area contributed by atoms with Gasteiger partial charge in [-0.25, -0.2) is 4.98 Å². The number of amides is 1. The van der Waals surface area contributed by atoms with Crippen LogP contribution in [-0.4, -0.2) is 21.0 Å². The number of hydrogen-bond acceptors (Lipinski definition) is 3. The van der Waals surface area contributed by atoms with Crippen LogP contribution in [0.1, 0.15) is 21.7 Å². The third-order valence-corrected chi connectivity index (χ3v) is 4.22. The van der Waals surface area contributed by atoms with Gasteiger partial charge in [0.1, 0.15) is 0 Å². The number of halogens is 1. The van der Waals surface area contributed by atoms with E-state index in [9.17, 15) is 9.90 Å². The average molecular weight is 326 g/mol. The molecule has 0 radical (unpaired) electrons. The summed E-state index contributed by atoms with van der Waals surface area (Å²) in [6.45, 7) is 0. The highest BCUT2D eigenvalue weighted by atomic mass is 35.5. The van der Waals surface area contributed by atoms with E-state index in [0.29, 0.717) is 21.8 Å². The summed E-state index contributed by atoms with van der Waals surface area (Å²) < 4.78 is 0. The Morgan fingerprint density at radius 1 is 1.13 bits per heavy atom. The minimum atomic E-state index is -1.69. The lowest BCUT2D eigenvalue weighted by molar-refractivity contribution is 0.0653. The molecule has 23 heavy (non-hydrogen) atoms. The number of H-pyrrole nitrogens is 1. The molecule has 0 aliphatic carbocycles. The van der Waals surface area contributed by atoms with Gasteiger partial charge in [-0.05, 0) is 30.3 Å². The standard InChI is InChI=1S/C17H12ClN3O2/c18-11-5-7-12(8-6-11)21-15(22)13-3-1-2-4-14(13)17(21,23)16-19-9-10-20-16/h1-10,23H,(H,19,20). The van der Waals surface area contributed by atoms with Gasteiger partial charge in [0, 0.05) is 34.2 Å². The summed E-state index contributed by atoms with van der Waals surface area (Å²) in [7, 11) is 0. The maximum atomic E-state index is 12.9. The second-order valence-corrected chi connectivity index (χ2v) is 5.71. The molecule has 0 saturated carbocycles. The van der Waals surface area contributed by atoms with E-state index < -0.39 is 5.72 Å². The summed E-state index contributed by atoms with van der Waals surface area (Å²) in [5, 5.41) is 12.0. The summed E-state index contributed by atoms with van der Waals surface area (Å²) in [5.41, 5.74) is -0.212. The molecule has 6 heteroatoms. The Balaban J connectivity index is 1.98. The fraction of sp³-hybridized carbons (Fsp3) is 0.0588. The number of aliphatic hydroxyl groups is 1. The van der Waals surface area contributed by atoms with Gasteiger partial charge in [0.2, 0.25) is 5.72 Å². The fourth-order valence-electron chi connectivity index (χ4n) is 2.95. The summed E-state index contributed by atoms with van der Waals surface area (Å²) >= 11 is 5.93. The summed E-state index contributed by atoms with van der Waals surface area (Å²) in [4.78, 5) is 21.3. The molecule has 2 N–H and O–H groups in total. The molecule has 0 bridgehead atoms. The summed E-state index contributed by atoms with van der Waals surface area (Å²) in [6, 6.07) is 13.7. The third-order valence-electron chi connectivity index (χ3n) is 3.97. The third kappa shape index (κ3) is 1.91. The van der Waals surface area contributed by atoms with Crippen LogP contribution in [0.15, 0.2) is 60.9 Å². The Labute approximate surface area is 137 Å². The second kappa shape index (κ2) is 4.94. The Bertz CT molecular complexity index is 877. The molecule has 1 aliphatic rings. The van der Waals surface area contributed by atoms with Gasteiger partial charge < -0.3 is 10.1 Å². The highest BCUT2D eigenvalue weighted by Crippen LogP contribution is 2.43. The van der Waals surface area contributed by atoms with Crippen LogP contribution in [0.25, 0.3) is 0 Å². The predicted octanol–water partition coefficient (Wildman–Crippen LogP) is 2.92. The number of imidazole rings is 1. The predicted molar refractivity (Wildman–Crippen MR) is 86.3 cm³/mol. The lowest BCUT2D eigenvalue weighted by Gasteiger charge is -2.32. The van der Waals surface area contributed by atoms with Gasteiger partial charge in [0.15, 0.2) is 5.82 Å². The number of nitrogens with one attached hydrogen (secondary N) is 1. The van der Waals surface area contributed by atoms with Crippen LogP contribution in [0.2, 0.25) is 5.02 Å². The normalized spacial score (nSPS) is 19.9. The molecule has 0 saturated heterocycles. The maximum Gasteiger partial charge on any atom is 0.261 e. The topological polar surface area (TPSA) is 69.2 Å². The van der Waals surface area contributed by atoms with Gasteiger partial charge in [-0.3, -0.25) is 9.69 Å². The van der Waals surface area contributed by atoms with Crippen molar-refractivity contribution in [1.82, 2.24) is 9.97 Å². The van der Waals surface area contributed by atoms with Gasteiger partial charge >= 0.3 is 0 Å². The van der Waals surface area contributed by atoms with Crippen LogP contribution in [-0.2, 0) is 5.72 Å². The van der Waals surface area contributed by atoms with Gasteiger partial charge in [-0.2, -0.15) is 0 Å². The molecule has 0 fully saturated rings. The van der Waals surface area contributed by atoms with E-state index in [-0.39, 0.29) is 11.7 Å². The molecular formula is C17H12ClN3O2. The van der Waals surface area contributed by atoms with Crippen molar-refractivity contribution in [2.24, 2.45) is 0 Å². The van der Waals surface area contributed by atoms with Crippen molar-refractivity contribution in [3.8, 4) is 0 Å². The quantitative estimate of drug-likeness (QED) is 0.761. The first-order chi connectivity index (χ1) is 11.1. The highest BCUT2D eigenvalue weighted by Gasteiger charge is 2.52. The molecule has 4 rings (SSSR count). The summed E-state index contributed by atoms with van der Waals surface area (Å²) in [6.07, 6.45) is 3.15. The van der Waals surface area contributed by atoms with Gasteiger partial charge in [-0.15, -0.1) is 0 Å². The smallest absolute Gasteiger partial charge is 0.261 e. The SMILES string of the molecule is O=C1c2ccccc2C(O)(c2ncc[nH]2)N1c1ccc(Cl)cc1. The monoisotopic (exact) mass is 325 g/mol. The molecule has 0 spiro atoms. The van der Waals surface area contributed by atoms with E-state index in [1.165, 1.54) is 4.90 Å². The first-order valence-electron chi connectivity index (χ1n) is 7.04.